The van der Waals surface area contributed by atoms with Gasteiger partial charge in [-0.05, 0) is 14.0 Å². The van der Waals surface area contributed by atoms with Gasteiger partial charge in [0.15, 0.2) is 0 Å². The number of rotatable bonds is 4. The Balaban J connectivity index is 3.43. The molecule has 0 rings (SSSR count). The van der Waals surface area contributed by atoms with Crippen LogP contribution in [0.15, 0.2) is 0 Å². The van der Waals surface area contributed by atoms with E-state index in [2.05, 4.69) is 0 Å². The Morgan fingerprint density at radius 1 is 1.60 bits per heavy atom. The van der Waals surface area contributed by atoms with Crippen molar-refractivity contribution in [2.45, 2.75) is 13.3 Å². The second-order valence-electron chi connectivity index (χ2n) is 2.29. The molecule has 0 aromatic rings. The third-order valence-corrected chi connectivity index (χ3v) is 0.942. The average Bonchev–Trinajstić information content (AvgIpc) is 1.58. The van der Waals surface area contributed by atoms with Gasteiger partial charge in [-0.1, -0.05) is 0 Å². The van der Waals surface area contributed by atoms with Gasteiger partial charge in [0.05, 0.1) is 13.1 Å². The number of nitrogens with zero attached hydrogens (tertiary/aromatic N) is 1. The number of hydrogen-bond donors (Lipinski definition) is 0. The highest BCUT2D eigenvalue weighted by molar-refractivity contribution is 5.77. The van der Waals surface area contributed by atoms with Crippen molar-refractivity contribution >= 4 is 5.78 Å². The Morgan fingerprint density at radius 2 is 2.10 bits per heavy atom. The first-order valence-electron chi connectivity index (χ1n) is 2.98. The highest BCUT2D eigenvalue weighted by Crippen LogP contribution is 1.94. The summed E-state index contributed by atoms with van der Waals surface area (Å²) in [5, 5.41) is 0. The number of Topliss-reactive ketones (excluding diaryl/α,β-unsaturated/α-hetero) is 1. The van der Waals surface area contributed by atoms with Crippen LogP contribution in [0.5, 0.6) is 0 Å². The van der Waals surface area contributed by atoms with E-state index in [1.165, 1.54) is 18.9 Å². The molecule has 0 spiro atoms. The highest BCUT2D eigenvalue weighted by Gasteiger charge is 2.08. The number of carbonyl (C=O) groups excluding carboxylic acids is 1. The molecular weight excluding hydrogens is 140 g/mol. The van der Waals surface area contributed by atoms with Crippen molar-refractivity contribution in [2.75, 3.05) is 20.1 Å². The molecule has 0 saturated carbocycles. The van der Waals surface area contributed by atoms with Crippen molar-refractivity contribution in [3.05, 3.63) is 0 Å². The van der Waals surface area contributed by atoms with Gasteiger partial charge >= 0.3 is 0 Å². The maximum absolute atomic E-state index is 11.6. The molecule has 0 N–H and O–H groups in total. The third kappa shape index (κ3) is 5.62. The molecule has 0 aromatic heterocycles. The number of carbonyl (C=O) groups is 1. The molecule has 0 atom stereocenters. The van der Waals surface area contributed by atoms with E-state index in [-0.39, 0.29) is 18.9 Å². The van der Waals surface area contributed by atoms with E-state index in [0.29, 0.717) is 0 Å². The van der Waals surface area contributed by atoms with Crippen molar-refractivity contribution in [3.8, 4) is 0 Å². The van der Waals surface area contributed by atoms with E-state index in [1.54, 1.807) is 0 Å². The largest absolute Gasteiger partial charge is 0.299 e. The predicted octanol–water partition coefficient (Wildman–Crippen LogP) is 0.772. The van der Waals surface area contributed by atoms with Crippen LogP contribution < -0.4 is 0 Å². The average molecular weight is 151 g/mol. The summed E-state index contributed by atoms with van der Waals surface area (Å²) in [6.45, 7) is 1.14. The fourth-order valence-corrected chi connectivity index (χ4v) is 0.680. The smallest absolute Gasteiger partial charge is 0.251 e. The quantitative estimate of drug-likeness (QED) is 0.591. The summed E-state index contributed by atoms with van der Waals surface area (Å²) >= 11 is 0. The lowest BCUT2D eigenvalue weighted by molar-refractivity contribution is -0.118. The summed E-state index contributed by atoms with van der Waals surface area (Å²) in [6.07, 6.45) is -2.36. The molecular formula is C6H11F2NO. The van der Waals surface area contributed by atoms with Crippen LogP contribution >= 0.6 is 0 Å². The standard InChI is InChI=1S/C6H11F2NO/c1-5(10)3-9(2)4-6(7)8/h6H,3-4H2,1-2H3. The Morgan fingerprint density at radius 3 is 2.40 bits per heavy atom. The van der Waals surface area contributed by atoms with Gasteiger partial charge in [-0.2, -0.15) is 0 Å². The molecule has 2 nitrogen and oxygen atoms in total. The van der Waals surface area contributed by atoms with Crippen LogP contribution in [0, 0.1) is 0 Å². The summed E-state index contributed by atoms with van der Waals surface area (Å²) in [4.78, 5) is 11.6. The molecule has 0 fully saturated rings. The molecule has 0 saturated heterocycles. The summed E-state index contributed by atoms with van der Waals surface area (Å²) in [5.74, 6) is -0.0943. The highest BCUT2D eigenvalue weighted by atomic mass is 19.3. The first-order chi connectivity index (χ1) is 4.52. The maximum Gasteiger partial charge on any atom is 0.251 e. The fraction of sp³-hybridized carbons (Fsp3) is 0.833. The molecule has 0 bridgehead atoms. The summed E-state index contributed by atoms with van der Waals surface area (Å²) < 4.78 is 23.2. The van der Waals surface area contributed by atoms with Gasteiger partial charge in [0.1, 0.15) is 5.78 Å². The zero-order valence-corrected chi connectivity index (χ0v) is 6.10. The van der Waals surface area contributed by atoms with Crippen LogP contribution in [-0.2, 0) is 4.79 Å². The number of hydrogen-bond acceptors (Lipinski definition) is 2. The maximum atomic E-state index is 11.6. The van der Waals surface area contributed by atoms with Gasteiger partial charge in [-0.3, -0.25) is 9.69 Å². The second kappa shape index (κ2) is 4.33. The molecule has 4 heteroatoms. The van der Waals surface area contributed by atoms with E-state index < -0.39 is 6.43 Å². The van der Waals surface area contributed by atoms with E-state index in [4.69, 9.17) is 0 Å². The van der Waals surface area contributed by atoms with Gasteiger partial charge in [-0.15, -0.1) is 0 Å². The van der Waals surface area contributed by atoms with Gasteiger partial charge in [0.2, 0.25) is 0 Å². The summed E-state index contributed by atoms with van der Waals surface area (Å²) in [7, 11) is 1.49. The van der Waals surface area contributed by atoms with Crippen molar-refractivity contribution < 1.29 is 13.6 Å². The fourth-order valence-electron chi connectivity index (χ4n) is 0.680. The molecule has 60 valence electrons. The van der Waals surface area contributed by atoms with Crippen LogP contribution in [0.1, 0.15) is 6.92 Å². The minimum atomic E-state index is -2.36. The lowest BCUT2D eigenvalue weighted by atomic mass is 10.4. The minimum Gasteiger partial charge on any atom is -0.299 e. The number of alkyl halides is 2. The van der Waals surface area contributed by atoms with E-state index >= 15 is 0 Å². The third-order valence-electron chi connectivity index (χ3n) is 0.942. The Hall–Kier alpha value is -0.510. The first-order valence-corrected chi connectivity index (χ1v) is 2.98. The molecule has 0 unspecified atom stereocenters. The molecule has 0 aliphatic carbocycles. The Kier molecular flexibility index (Phi) is 4.11. The van der Waals surface area contributed by atoms with Crippen LogP contribution in [-0.4, -0.2) is 37.2 Å². The first kappa shape index (κ1) is 9.49. The van der Waals surface area contributed by atoms with E-state index in [0.717, 1.165) is 0 Å². The van der Waals surface area contributed by atoms with Gasteiger partial charge in [0, 0.05) is 0 Å². The topological polar surface area (TPSA) is 20.3 Å². The molecule has 0 aliphatic heterocycles. The van der Waals surface area contributed by atoms with Crippen LogP contribution in [0.4, 0.5) is 8.78 Å². The lowest BCUT2D eigenvalue weighted by Gasteiger charge is -2.12. The molecule has 0 aromatic carbocycles. The van der Waals surface area contributed by atoms with Crippen molar-refractivity contribution in [1.29, 1.82) is 0 Å². The minimum absolute atomic E-state index is 0.0943. The van der Waals surface area contributed by atoms with Gasteiger partial charge in [0.25, 0.3) is 6.43 Å². The SMILES string of the molecule is CC(=O)CN(C)CC(F)F. The second-order valence-corrected chi connectivity index (χ2v) is 2.29. The number of halogens is 2. The number of likely N-dealkylation sites (N-methyl/N-ethyl adjacent to an activating group) is 1. The molecule has 0 radical (unpaired) electrons. The Labute approximate surface area is 58.8 Å². The van der Waals surface area contributed by atoms with E-state index in [1.807, 2.05) is 0 Å². The molecule has 0 heterocycles. The van der Waals surface area contributed by atoms with Gasteiger partial charge in [-0.25, -0.2) is 8.78 Å². The zero-order valence-electron chi connectivity index (χ0n) is 6.10. The lowest BCUT2D eigenvalue weighted by Crippen LogP contribution is -2.29. The Bertz CT molecular complexity index is 116. The van der Waals surface area contributed by atoms with Crippen LogP contribution in [0.3, 0.4) is 0 Å². The van der Waals surface area contributed by atoms with Crippen LogP contribution in [0.2, 0.25) is 0 Å². The molecule has 10 heavy (non-hydrogen) atoms. The molecule has 0 aliphatic rings. The van der Waals surface area contributed by atoms with Crippen molar-refractivity contribution in [3.63, 3.8) is 0 Å². The van der Waals surface area contributed by atoms with Crippen molar-refractivity contribution in [2.24, 2.45) is 0 Å². The van der Waals surface area contributed by atoms with Crippen LogP contribution in [0.25, 0.3) is 0 Å². The predicted molar refractivity (Wildman–Crippen MR) is 34.2 cm³/mol. The van der Waals surface area contributed by atoms with Gasteiger partial charge < -0.3 is 0 Å². The van der Waals surface area contributed by atoms with E-state index in [9.17, 15) is 13.6 Å². The number of ketones is 1. The monoisotopic (exact) mass is 151 g/mol. The zero-order chi connectivity index (χ0) is 8.15. The summed E-state index contributed by atoms with van der Waals surface area (Å²) in [5.41, 5.74) is 0. The normalized spacial score (nSPS) is 11.0. The summed E-state index contributed by atoms with van der Waals surface area (Å²) in [6, 6.07) is 0. The van der Waals surface area contributed by atoms with Crippen molar-refractivity contribution in [1.82, 2.24) is 4.90 Å². The molecule has 0 amide bonds.